The lowest BCUT2D eigenvalue weighted by atomic mass is 9.97. The van der Waals surface area contributed by atoms with E-state index in [1.165, 1.54) is 0 Å². The van der Waals surface area contributed by atoms with Crippen molar-refractivity contribution in [3.05, 3.63) is 23.0 Å². The number of hydrogen-bond acceptors (Lipinski definition) is 3. The molecule has 0 saturated heterocycles. The molecule has 0 aliphatic carbocycles. The SMILES string of the molecule is CCCC(C)(C)Nc1cc(C)nc(C)c1C#N. The van der Waals surface area contributed by atoms with Crippen LogP contribution in [0.1, 0.15) is 50.6 Å². The summed E-state index contributed by atoms with van der Waals surface area (Å²) in [7, 11) is 0. The highest BCUT2D eigenvalue weighted by Crippen LogP contribution is 2.24. The number of aromatic nitrogens is 1. The Kier molecular flexibility index (Phi) is 4.11. The van der Waals surface area contributed by atoms with Crippen LogP contribution in [0, 0.1) is 25.2 Å². The predicted octanol–water partition coefficient (Wildman–Crippen LogP) is 3.56. The molecule has 1 aromatic heterocycles. The first-order chi connectivity index (χ1) is 7.89. The van der Waals surface area contributed by atoms with Gasteiger partial charge in [-0.1, -0.05) is 13.3 Å². The molecule has 1 rings (SSSR count). The van der Waals surface area contributed by atoms with Crippen LogP contribution in [0.2, 0.25) is 0 Å². The van der Waals surface area contributed by atoms with E-state index < -0.39 is 0 Å². The van der Waals surface area contributed by atoms with Gasteiger partial charge in [-0.3, -0.25) is 4.98 Å². The van der Waals surface area contributed by atoms with E-state index in [0.29, 0.717) is 5.56 Å². The Hall–Kier alpha value is -1.56. The van der Waals surface area contributed by atoms with Crippen molar-refractivity contribution in [2.24, 2.45) is 0 Å². The molecule has 17 heavy (non-hydrogen) atoms. The molecule has 0 aromatic carbocycles. The summed E-state index contributed by atoms with van der Waals surface area (Å²) in [5.74, 6) is 0. The van der Waals surface area contributed by atoms with Crippen molar-refractivity contribution in [1.82, 2.24) is 4.98 Å². The minimum Gasteiger partial charge on any atom is -0.379 e. The lowest BCUT2D eigenvalue weighted by Crippen LogP contribution is -2.31. The van der Waals surface area contributed by atoms with Gasteiger partial charge < -0.3 is 5.32 Å². The fourth-order valence-corrected chi connectivity index (χ4v) is 2.12. The number of aryl methyl sites for hydroxylation is 2. The normalized spacial score (nSPS) is 11.1. The lowest BCUT2D eigenvalue weighted by molar-refractivity contribution is 0.510. The Bertz CT molecular complexity index is 442. The average Bonchev–Trinajstić information content (AvgIpc) is 2.15. The highest BCUT2D eigenvalue weighted by Gasteiger charge is 2.18. The Morgan fingerprint density at radius 2 is 2.06 bits per heavy atom. The van der Waals surface area contributed by atoms with Crippen LogP contribution in [-0.4, -0.2) is 10.5 Å². The number of nitriles is 1. The van der Waals surface area contributed by atoms with Gasteiger partial charge in [0.15, 0.2) is 0 Å². The van der Waals surface area contributed by atoms with Crippen molar-refractivity contribution in [3.63, 3.8) is 0 Å². The zero-order valence-corrected chi connectivity index (χ0v) is 11.4. The van der Waals surface area contributed by atoms with Crippen LogP contribution in [0.3, 0.4) is 0 Å². The van der Waals surface area contributed by atoms with E-state index in [4.69, 9.17) is 0 Å². The fraction of sp³-hybridized carbons (Fsp3) is 0.571. The molecule has 0 radical (unpaired) electrons. The number of nitrogens with zero attached hydrogens (tertiary/aromatic N) is 2. The van der Waals surface area contributed by atoms with Gasteiger partial charge >= 0.3 is 0 Å². The monoisotopic (exact) mass is 231 g/mol. The van der Waals surface area contributed by atoms with Gasteiger partial charge in [-0.15, -0.1) is 0 Å². The molecule has 1 aromatic rings. The van der Waals surface area contributed by atoms with Gasteiger partial charge in [0.25, 0.3) is 0 Å². The van der Waals surface area contributed by atoms with Crippen molar-refractivity contribution in [2.75, 3.05) is 5.32 Å². The third kappa shape index (κ3) is 3.45. The van der Waals surface area contributed by atoms with Crippen molar-refractivity contribution in [1.29, 1.82) is 5.26 Å². The second-order valence-corrected chi connectivity index (χ2v) is 5.14. The lowest BCUT2D eigenvalue weighted by Gasteiger charge is -2.28. The third-order valence-corrected chi connectivity index (χ3v) is 2.79. The first-order valence-electron chi connectivity index (χ1n) is 6.06. The highest BCUT2D eigenvalue weighted by molar-refractivity contribution is 5.60. The van der Waals surface area contributed by atoms with E-state index in [0.717, 1.165) is 29.9 Å². The van der Waals surface area contributed by atoms with Crippen molar-refractivity contribution >= 4 is 5.69 Å². The molecule has 0 amide bonds. The topological polar surface area (TPSA) is 48.7 Å². The molecule has 0 aliphatic heterocycles. The summed E-state index contributed by atoms with van der Waals surface area (Å²) in [6.07, 6.45) is 2.18. The second-order valence-electron chi connectivity index (χ2n) is 5.14. The number of nitrogens with one attached hydrogen (secondary N) is 1. The number of rotatable bonds is 4. The van der Waals surface area contributed by atoms with Crippen molar-refractivity contribution in [3.8, 4) is 6.07 Å². The molecule has 3 heteroatoms. The van der Waals surface area contributed by atoms with Crippen LogP contribution >= 0.6 is 0 Å². The summed E-state index contributed by atoms with van der Waals surface area (Å²) in [6.45, 7) is 10.3. The first kappa shape index (κ1) is 13.5. The third-order valence-electron chi connectivity index (χ3n) is 2.79. The summed E-state index contributed by atoms with van der Waals surface area (Å²) in [5, 5.41) is 12.6. The van der Waals surface area contributed by atoms with Crippen molar-refractivity contribution < 1.29 is 0 Å². The predicted molar refractivity (Wildman–Crippen MR) is 71.0 cm³/mol. The smallest absolute Gasteiger partial charge is 0.103 e. The van der Waals surface area contributed by atoms with Crippen LogP contribution in [0.4, 0.5) is 5.69 Å². The molecule has 92 valence electrons. The Balaban J connectivity index is 3.10. The fourth-order valence-electron chi connectivity index (χ4n) is 2.12. The van der Waals surface area contributed by atoms with E-state index >= 15 is 0 Å². The van der Waals surface area contributed by atoms with Gasteiger partial charge in [-0.2, -0.15) is 5.26 Å². The summed E-state index contributed by atoms with van der Waals surface area (Å²) in [4.78, 5) is 4.32. The standard InChI is InChI=1S/C14H21N3/c1-6-7-14(4,5)17-13-8-10(2)16-11(3)12(13)9-15/h8H,6-7H2,1-5H3,(H,16,17). The van der Waals surface area contributed by atoms with Crippen LogP contribution in [0.5, 0.6) is 0 Å². The van der Waals surface area contributed by atoms with E-state index in [-0.39, 0.29) is 5.54 Å². The maximum absolute atomic E-state index is 9.19. The minimum atomic E-state index is 0.000579. The maximum Gasteiger partial charge on any atom is 0.103 e. The Labute approximate surface area is 104 Å². The second kappa shape index (κ2) is 5.18. The minimum absolute atomic E-state index is 0.000579. The summed E-state index contributed by atoms with van der Waals surface area (Å²) < 4.78 is 0. The Morgan fingerprint density at radius 3 is 2.59 bits per heavy atom. The molecule has 1 N–H and O–H groups in total. The largest absolute Gasteiger partial charge is 0.379 e. The highest BCUT2D eigenvalue weighted by atomic mass is 15.0. The summed E-state index contributed by atoms with van der Waals surface area (Å²) >= 11 is 0. The van der Waals surface area contributed by atoms with E-state index in [1.54, 1.807) is 0 Å². The van der Waals surface area contributed by atoms with Gasteiger partial charge in [0, 0.05) is 11.2 Å². The van der Waals surface area contributed by atoms with Crippen molar-refractivity contribution in [2.45, 2.75) is 53.0 Å². The Morgan fingerprint density at radius 1 is 1.41 bits per heavy atom. The van der Waals surface area contributed by atoms with Gasteiger partial charge in [0.05, 0.1) is 16.9 Å². The van der Waals surface area contributed by atoms with E-state index in [2.05, 4.69) is 37.1 Å². The van der Waals surface area contributed by atoms with Crippen LogP contribution < -0.4 is 5.32 Å². The maximum atomic E-state index is 9.19. The molecule has 0 aliphatic rings. The van der Waals surface area contributed by atoms with Crippen LogP contribution in [0.15, 0.2) is 6.07 Å². The first-order valence-corrected chi connectivity index (χ1v) is 6.06. The van der Waals surface area contributed by atoms with Gasteiger partial charge in [-0.05, 0) is 40.2 Å². The molecule has 0 bridgehead atoms. The molecule has 3 nitrogen and oxygen atoms in total. The van der Waals surface area contributed by atoms with Gasteiger partial charge in [0.2, 0.25) is 0 Å². The molecule has 0 unspecified atom stereocenters. The molecule has 0 saturated carbocycles. The molecule has 0 fully saturated rings. The number of anilines is 1. The van der Waals surface area contributed by atoms with E-state index in [9.17, 15) is 5.26 Å². The molecular formula is C14H21N3. The van der Waals surface area contributed by atoms with E-state index in [1.807, 2.05) is 19.9 Å². The molecular weight excluding hydrogens is 210 g/mol. The van der Waals surface area contributed by atoms with Gasteiger partial charge in [-0.25, -0.2) is 0 Å². The molecule has 1 heterocycles. The van der Waals surface area contributed by atoms with Crippen LogP contribution in [-0.2, 0) is 0 Å². The number of hydrogen-bond donors (Lipinski definition) is 1. The quantitative estimate of drug-likeness (QED) is 0.862. The van der Waals surface area contributed by atoms with Gasteiger partial charge in [0.1, 0.15) is 6.07 Å². The average molecular weight is 231 g/mol. The number of pyridine rings is 1. The zero-order chi connectivity index (χ0) is 13.1. The zero-order valence-electron chi connectivity index (χ0n) is 11.4. The van der Waals surface area contributed by atoms with Crippen LogP contribution in [0.25, 0.3) is 0 Å². The molecule has 0 atom stereocenters. The molecule has 0 spiro atoms. The summed E-state index contributed by atoms with van der Waals surface area (Å²) in [5.41, 5.74) is 3.29. The summed E-state index contributed by atoms with van der Waals surface area (Å²) in [6, 6.07) is 4.18.